The molecule has 0 N–H and O–H groups in total. The second-order valence-electron chi connectivity index (χ2n) is 0.333. The van der Waals surface area contributed by atoms with E-state index >= 15 is 0 Å². The van der Waals surface area contributed by atoms with Crippen molar-refractivity contribution in [2.24, 2.45) is 0 Å². The summed E-state index contributed by atoms with van der Waals surface area (Å²) in [7, 11) is 0. The molecule has 0 aromatic carbocycles. The number of carboxylic acid groups (broad SMARTS) is 2. The Labute approximate surface area is 145 Å². The summed E-state index contributed by atoms with van der Waals surface area (Å²) in [6.45, 7) is 0. The van der Waals surface area contributed by atoms with Gasteiger partial charge in [-0.3, -0.25) is 0 Å². The van der Waals surface area contributed by atoms with Crippen LogP contribution >= 0.6 is 0 Å². The fourth-order valence-electron chi connectivity index (χ4n) is 0. The minimum absolute atomic E-state index is 0. The van der Waals surface area contributed by atoms with Gasteiger partial charge in [-0.2, -0.15) is 0 Å². The zero-order valence-electron chi connectivity index (χ0n) is 5.04. The summed E-state index contributed by atoms with van der Waals surface area (Å²) in [5.74, 6) is 0. The molecule has 0 aliphatic rings. The quantitative estimate of drug-likeness (QED) is 0.376. The molecule has 5 nitrogen and oxygen atoms in total. The third kappa shape index (κ3) is 104. The summed E-state index contributed by atoms with van der Waals surface area (Å²) in [5, 5.41) is 16.7. The molecule has 0 radical (unpaired) electrons. The molecule has 0 aliphatic carbocycles. The Balaban J connectivity index is -0.0000000233. The van der Waals surface area contributed by atoms with Gasteiger partial charge in [0.2, 0.25) is 0 Å². The van der Waals surface area contributed by atoms with Gasteiger partial charge >= 0.3 is 129 Å². The standard InChI is InChI=1S/CH2O3.2K.2O.Ti/c2-1(3)4;;;;;/h(H2,2,3,4);;;;;/q;2*+1;;;/p-2. The second kappa shape index (κ2) is 22.4. The van der Waals surface area contributed by atoms with Crippen molar-refractivity contribution < 1.29 is 144 Å². The van der Waals surface area contributed by atoms with Crippen LogP contribution in [-0.2, 0) is 25.7 Å². The van der Waals surface area contributed by atoms with Gasteiger partial charge in [0.15, 0.2) is 0 Å². The zero-order valence-corrected chi connectivity index (χ0v) is 12.8. The molecular formula is CK2O5Ti. The molecule has 0 fully saturated rings. The van der Waals surface area contributed by atoms with Crippen molar-refractivity contribution in [2.75, 3.05) is 0 Å². The van der Waals surface area contributed by atoms with Crippen LogP contribution in [0.4, 0.5) is 4.79 Å². The van der Waals surface area contributed by atoms with Crippen molar-refractivity contribution >= 4 is 6.16 Å². The predicted octanol–water partition coefficient (Wildman–Crippen LogP) is -8.68. The number of hydrogen-bond acceptors (Lipinski definition) is 5. The first kappa shape index (κ1) is 22.6. The first-order chi connectivity index (χ1) is 3.15. The predicted molar refractivity (Wildman–Crippen MR) is 6.77 cm³/mol. The molecule has 0 aliphatic heterocycles. The molecule has 0 heterocycles. The van der Waals surface area contributed by atoms with Crippen LogP contribution in [-0.4, -0.2) is 6.16 Å². The number of rotatable bonds is 0. The molecule has 0 saturated carbocycles. The summed E-state index contributed by atoms with van der Waals surface area (Å²) >= 11 is -2.00. The van der Waals surface area contributed by atoms with Crippen LogP contribution in [0.2, 0.25) is 0 Å². The van der Waals surface area contributed by atoms with Crippen molar-refractivity contribution in [3.63, 3.8) is 0 Å². The van der Waals surface area contributed by atoms with Crippen molar-refractivity contribution in [3.05, 3.63) is 0 Å². The van der Waals surface area contributed by atoms with Crippen LogP contribution in [0, 0.1) is 0 Å². The van der Waals surface area contributed by atoms with Crippen LogP contribution in [0.25, 0.3) is 0 Å². The summed E-state index contributed by atoms with van der Waals surface area (Å²) in [6.07, 6.45) is -2.33. The fourth-order valence-corrected chi connectivity index (χ4v) is 0. The van der Waals surface area contributed by atoms with Crippen LogP contribution in [0.5, 0.6) is 0 Å². The van der Waals surface area contributed by atoms with Crippen LogP contribution < -0.4 is 113 Å². The molecule has 0 aromatic rings. The molecule has 0 rings (SSSR count). The summed E-state index contributed by atoms with van der Waals surface area (Å²) in [6, 6.07) is 0. The van der Waals surface area contributed by atoms with E-state index in [1.54, 1.807) is 0 Å². The van der Waals surface area contributed by atoms with E-state index in [9.17, 15) is 0 Å². The van der Waals surface area contributed by atoms with Crippen LogP contribution in [0.15, 0.2) is 0 Å². The number of carbonyl (C=O) groups is 1. The van der Waals surface area contributed by atoms with E-state index in [-0.39, 0.29) is 103 Å². The molecule has 0 aromatic heterocycles. The van der Waals surface area contributed by atoms with E-state index in [1.807, 2.05) is 0 Å². The third-order valence-corrected chi connectivity index (χ3v) is 0. The fraction of sp³-hybridized carbons (Fsp3) is 0. The molecule has 0 spiro atoms. The van der Waals surface area contributed by atoms with Crippen molar-refractivity contribution in [1.29, 1.82) is 0 Å². The van der Waals surface area contributed by atoms with Gasteiger partial charge in [-0.1, -0.05) is 0 Å². The Morgan fingerprint density at radius 2 is 1.11 bits per heavy atom. The van der Waals surface area contributed by atoms with E-state index in [0.717, 1.165) is 0 Å². The minimum atomic E-state index is -2.33. The van der Waals surface area contributed by atoms with Crippen molar-refractivity contribution in [3.8, 4) is 0 Å². The van der Waals surface area contributed by atoms with Gasteiger partial charge in [0, 0.05) is 0 Å². The average molecular weight is 218 g/mol. The normalized spacial score (nSPS) is 3.56. The Hall–Kier alpha value is 2.86. The van der Waals surface area contributed by atoms with E-state index in [2.05, 4.69) is 0 Å². The Kier molecular flexibility index (Phi) is 56.4. The molecule has 0 saturated heterocycles. The summed E-state index contributed by atoms with van der Waals surface area (Å²) in [4.78, 5) is 8.33. The average Bonchev–Trinajstić information content (AvgIpc) is 1.33. The van der Waals surface area contributed by atoms with E-state index < -0.39 is 25.2 Å². The molecule has 0 bridgehead atoms. The number of carbonyl (C=O) groups excluding carboxylic acids is 1. The van der Waals surface area contributed by atoms with Gasteiger partial charge in [-0.05, 0) is 6.16 Å². The summed E-state index contributed by atoms with van der Waals surface area (Å²) < 4.78 is 17.0. The first-order valence-corrected chi connectivity index (χ1v) is 2.30. The van der Waals surface area contributed by atoms with Gasteiger partial charge < -0.3 is 15.0 Å². The Morgan fingerprint density at radius 3 is 1.11 bits per heavy atom. The topological polar surface area (TPSA) is 97.3 Å². The monoisotopic (exact) mass is 218 g/mol. The van der Waals surface area contributed by atoms with Gasteiger partial charge in [0.05, 0.1) is 0 Å². The van der Waals surface area contributed by atoms with Gasteiger partial charge in [-0.15, -0.1) is 0 Å². The van der Waals surface area contributed by atoms with E-state index in [4.69, 9.17) is 21.7 Å². The van der Waals surface area contributed by atoms with Crippen LogP contribution in [0.1, 0.15) is 0 Å². The van der Waals surface area contributed by atoms with Gasteiger partial charge in [0.1, 0.15) is 0 Å². The molecule has 0 unspecified atom stereocenters. The third-order valence-electron chi connectivity index (χ3n) is 0. The van der Waals surface area contributed by atoms with Crippen LogP contribution in [0.3, 0.4) is 0 Å². The van der Waals surface area contributed by atoms with Crippen molar-refractivity contribution in [2.45, 2.75) is 0 Å². The maximum atomic E-state index is 8.50. The molecule has 0 amide bonds. The second-order valence-corrected chi connectivity index (χ2v) is 0.594. The molecule has 8 heteroatoms. The zero-order chi connectivity index (χ0) is 6.28. The van der Waals surface area contributed by atoms with Crippen molar-refractivity contribution in [1.82, 2.24) is 0 Å². The maximum absolute atomic E-state index is 8.50. The SMILES string of the molecule is O=C([O-])[O-].[K+].[K+].[O]=[Ti]=[O]. The molecule has 9 heavy (non-hydrogen) atoms. The van der Waals surface area contributed by atoms with Gasteiger partial charge in [0.25, 0.3) is 0 Å². The summed E-state index contributed by atoms with van der Waals surface area (Å²) in [5.41, 5.74) is 0. The molecule has 0 atom stereocenters. The van der Waals surface area contributed by atoms with Gasteiger partial charge in [-0.25, -0.2) is 0 Å². The van der Waals surface area contributed by atoms with E-state index in [1.165, 1.54) is 0 Å². The Morgan fingerprint density at radius 1 is 1.11 bits per heavy atom. The first-order valence-electron chi connectivity index (χ1n) is 1.02. The van der Waals surface area contributed by atoms with E-state index in [0.29, 0.717) is 0 Å². The Bertz CT molecular complexity index is 83.0. The molecule has 40 valence electrons. The molecular weight excluding hydrogens is 218 g/mol. The number of hydrogen-bond donors (Lipinski definition) is 0.